The summed E-state index contributed by atoms with van der Waals surface area (Å²) in [6.45, 7) is -3.01. The first kappa shape index (κ1) is 13.2. The Kier molecular flexibility index (Phi) is 3.44. The lowest BCUT2D eigenvalue weighted by Crippen LogP contribution is -2.14. The standard InChI is InChI=1S/C11H5F2N5O2/c12-10(13)18-8-2-1-6(3-9(8)20-11(18)19)16-17-7(4-14)5-15/h1-3,10,16H. The predicted octanol–water partition coefficient (Wildman–Crippen LogP) is 1.80. The van der Waals surface area contributed by atoms with Gasteiger partial charge in [-0.15, -0.1) is 0 Å². The lowest BCUT2D eigenvalue weighted by molar-refractivity contribution is 0.0670. The largest absolute Gasteiger partial charge is 0.424 e. The topological polar surface area (TPSA) is 107 Å². The summed E-state index contributed by atoms with van der Waals surface area (Å²) in [5, 5.41) is 20.4. The van der Waals surface area contributed by atoms with Gasteiger partial charge in [-0.25, -0.2) is 9.36 Å². The molecular formula is C11H5F2N5O2. The molecule has 9 heteroatoms. The van der Waals surface area contributed by atoms with Crippen molar-refractivity contribution in [1.82, 2.24) is 4.57 Å². The van der Waals surface area contributed by atoms with Crippen LogP contribution in [0.25, 0.3) is 11.1 Å². The molecule has 0 radical (unpaired) electrons. The highest BCUT2D eigenvalue weighted by Crippen LogP contribution is 2.22. The summed E-state index contributed by atoms with van der Waals surface area (Å²) in [7, 11) is 0. The van der Waals surface area contributed by atoms with Crippen LogP contribution in [-0.4, -0.2) is 10.3 Å². The molecule has 2 aromatic rings. The number of nitrogens with zero attached hydrogens (tertiary/aromatic N) is 4. The van der Waals surface area contributed by atoms with E-state index in [-0.39, 0.29) is 21.4 Å². The summed E-state index contributed by atoms with van der Waals surface area (Å²) in [6, 6.07) is 6.92. The first-order valence-electron chi connectivity index (χ1n) is 5.14. The molecule has 0 saturated carbocycles. The van der Waals surface area contributed by atoms with Crippen LogP contribution >= 0.6 is 0 Å². The third-order valence-corrected chi connectivity index (χ3v) is 2.32. The third kappa shape index (κ3) is 2.33. The average molecular weight is 277 g/mol. The number of halogens is 2. The zero-order valence-electron chi connectivity index (χ0n) is 9.67. The molecule has 0 fully saturated rings. The van der Waals surface area contributed by atoms with Crippen LogP contribution in [0.2, 0.25) is 0 Å². The second-order valence-electron chi connectivity index (χ2n) is 3.49. The fraction of sp³-hybridized carbons (Fsp3) is 0.0909. The fourth-order valence-electron chi connectivity index (χ4n) is 1.49. The van der Waals surface area contributed by atoms with E-state index in [4.69, 9.17) is 10.5 Å². The maximum absolute atomic E-state index is 12.6. The van der Waals surface area contributed by atoms with Crippen molar-refractivity contribution in [1.29, 1.82) is 10.5 Å². The SMILES string of the molecule is N#CC(C#N)=NNc1ccc2c(c1)oc(=O)n2C(F)F. The van der Waals surface area contributed by atoms with Crippen LogP contribution in [0.3, 0.4) is 0 Å². The van der Waals surface area contributed by atoms with Gasteiger partial charge in [-0.3, -0.25) is 5.43 Å². The van der Waals surface area contributed by atoms with Gasteiger partial charge < -0.3 is 4.42 Å². The van der Waals surface area contributed by atoms with Gasteiger partial charge in [-0.05, 0) is 12.1 Å². The van der Waals surface area contributed by atoms with Crippen molar-refractivity contribution in [3.8, 4) is 12.1 Å². The van der Waals surface area contributed by atoms with E-state index in [9.17, 15) is 13.6 Å². The van der Waals surface area contributed by atoms with Crippen molar-refractivity contribution in [2.24, 2.45) is 5.10 Å². The van der Waals surface area contributed by atoms with Gasteiger partial charge in [0.15, 0.2) is 5.58 Å². The number of oxazole rings is 1. The Bertz CT molecular complexity index is 806. The summed E-state index contributed by atoms with van der Waals surface area (Å²) in [5.41, 5.74) is 2.12. The van der Waals surface area contributed by atoms with E-state index in [1.807, 2.05) is 0 Å². The number of rotatable bonds is 3. The van der Waals surface area contributed by atoms with E-state index in [0.717, 1.165) is 0 Å². The number of aromatic nitrogens is 1. The van der Waals surface area contributed by atoms with Crippen LogP contribution in [0.5, 0.6) is 0 Å². The zero-order valence-corrected chi connectivity index (χ0v) is 9.67. The third-order valence-electron chi connectivity index (χ3n) is 2.32. The molecule has 1 N–H and O–H groups in total. The van der Waals surface area contributed by atoms with E-state index >= 15 is 0 Å². The van der Waals surface area contributed by atoms with Crippen molar-refractivity contribution >= 4 is 22.5 Å². The van der Waals surface area contributed by atoms with Crippen molar-refractivity contribution in [2.45, 2.75) is 6.55 Å². The molecule has 1 aromatic carbocycles. The van der Waals surface area contributed by atoms with Crippen molar-refractivity contribution in [3.63, 3.8) is 0 Å². The number of nitrogens with one attached hydrogen (secondary N) is 1. The van der Waals surface area contributed by atoms with E-state index in [0.29, 0.717) is 0 Å². The average Bonchev–Trinajstić information content (AvgIpc) is 2.75. The first-order chi connectivity index (χ1) is 9.56. The quantitative estimate of drug-likeness (QED) is 0.680. The number of hydrogen-bond acceptors (Lipinski definition) is 6. The molecule has 0 saturated heterocycles. The van der Waals surface area contributed by atoms with Gasteiger partial charge in [0, 0.05) is 6.07 Å². The predicted molar refractivity (Wildman–Crippen MR) is 64.0 cm³/mol. The molecule has 0 unspecified atom stereocenters. The van der Waals surface area contributed by atoms with E-state index < -0.39 is 18.0 Å². The van der Waals surface area contributed by atoms with Gasteiger partial charge in [0.05, 0.1) is 11.2 Å². The fourth-order valence-corrected chi connectivity index (χ4v) is 1.49. The van der Waals surface area contributed by atoms with Crippen LogP contribution in [0.15, 0.2) is 32.5 Å². The van der Waals surface area contributed by atoms with Gasteiger partial charge in [-0.1, -0.05) is 0 Å². The lowest BCUT2D eigenvalue weighted by Gasteiger charge is -2.01. The van der Waals surface area contributed by atoms with Crippen LogP contribution in [0.1, 0.15) is 6.55 Å². The van der Waals surface area contributed by atoms with Crippen LogP contribution in [-0.2, 0) is 0 Å². The summed E-state index contributed by atoms with van der Waals surface area (Å²) in [6.07, 6.45) is 0. The number of benzene rings is 1. The highest BCUT2D eigenvalue weighted by molar-refractivity contribution is 6.10. The number of fused-ring (bicyclic) bond motifs is 1. The minimum absolute atomic E-state index is 0.0639. The molecule has 7 nitrogen and oxygen atoms in total. The van der Waals surface area contributed by atoms with Gasteiger partial charge in [0.1, 0.15) is 12.1 Å². The van der Waals surface area contributed by atoms with Crippen molar-refractivity contribution in [2.75, 3.05) is 5.43 Å². The molecule has 20 heavy (non-hydrogen) atoms. The molecule has 0 aliphatic rings. The monoisotopic (exact) mass is 277 g/mol. The van der Waals surface area contributed by atoms with E-state index in [1.165, 1.54) is 30.3 Å². The van der Waals surface area contributed by atoms with E-state index in [2.05, 4.69) is 14.9 Å². The minimum Gasteiger partial charge on any atom is -0.407 e. The second kappa shape index (κ2) is 5.20. The molecule has 0 bridgehead atoms. The number of alkyl halides is 2. The number of hydrogen-bond donors (Lipinski definition) is 1. The highest BCUT2D eigenvalue weighted by atomic mass is 19.3. The molecule has 1 aromatic heterocycles. The molecule has 1 heterocycles. The summed E-state index contributed by atoms with van der Waals surface area (Å²) < 4.78 is 30.1. The molecule has 0 aliphatic heterocycles. The summed E-state index contributed by atoms with van der Waals surface area (Å²) in [4.78, 5) is 11.2. The zero-order chi connectivity index (χ0) is 14.7. The highest BCUT2D eigenvalue weighted by Gasteiger charge is 2.16. The first-order valence-corrected chi connectivity index (χ1v) is 5.14. The lowest BCUT2D eigenvalue weighted by atomic mass is 10.3. The van der Waals surface area contributed by atoms with Crippen molar-refractivity contribution < 1.29 is 13.2 Å². The second-order valence-corrected chi connectivity index (χ2v) is 3.49. The number of nitriles is 2. The Morgan fingerprint density at radius 1 is 1.40 bits per heavy atom. The molecule has 0 spiro atoms. The van der Waals surface area contributed by atoms with Gasteiger partial charge in [0.25, 0.3) is 0 Å². The Balaban J connectivity index is 2.42. The maximum atomic E-state index is 12.6. The summed E-state index contributed by atoms with van der Waals surface area (Å²) in [5.74, 6) is -1.18. The molecule has 0 aliphatic carbocycles. The Labute approximate surface area is 109 Å². The molecule has 2 rings (SSSR count). The number of hydrazone groups is 1. The molecule has 0 amide bonds. The molecule has 0 atom stereocenters. The van der Waals surface area contributed by atoms with Crippen LogP contribution < -0.4 is 11.2 Å². The smallest absolute Gasteiger partial charge is 0.407 e. The normalized spacial score (nSPS) is 10.1. The Morgan fingerprint density at radius 2 is 2.10 bits per heavy atom. The Morgan fingerprint density at radius 3 is 2.70 bits per heavy atom. The van der Waals surface area contributed by atoms with Crippen molar-refractivity contribution in [3.05, 3.63) is 28.7 Å². The Hall–Kier alpha value is -3.20. The van der Waals surface area contributed by atoms with Gasteiger partial charge >= 0.3 is 12.3 Å². The minimum atomic E-state index is -3.01. The van der Waals surface area contributed by atoms with Gasteiger partial charge in [0.2, 0.25) is 5.71 Å². The van der Waals surface area contributed by atoms with Crippen LogP contribution in [0.4, 0.5) is 14.5 Å². The molecule has 100 valence electrons. The maximum Gasteiger partial charge on any atom is 0.424 e. The van der Waals surface area contributed by atoms with E-state index in [1.54, 1.807) is 0 Å². The summed E-state index contributed by atoms with van der Waals surface area (Å²) >= 11 is 0. The van der Waals surface area contributed by atoms with Gasteiger partial charge in [-0.2, -0.15) is 24.4 Å². The van der Waals surface area contributed by atoms with Crippen LogP contribution in [0, 0.1) is 22.7 Å². The number of anilines is 1. The molecular weight excluding hydrogens is 272 g/mol.